The van der Waals surface area contributed by atoms with E-state index in [-0.39, 0.29) is 24.7 Å². The molecule has 32 heavy (non-hydrogen) atoms. The highest BCUT2D eigenvalue weighted by molar-refractivity contribution is 6.25. The van der Waals surface area contributed by atoms with Crippen LogP contribution in [0.2, 0.25) is 0 Å². The second kappa shape index (κ2) is 7.96. The number of aliphatic imine (C=N–C) groups is 1. The number of hydrogen-bond donors (Lipinski definition) is 1. The van der Waals surface area contributed by atoms with Crippen molar-refractivity contribution < 1.29 is 23.5 Å². The summed E-state index contributed by atoms with van der Waals surface area (Å²) in [5.74, 6) is -1.19. The molecule has 0 spiro atoms. The Morgan fingerprint density at radius 2 is 1.97 bits per heavy atom. The van der Waals surface area contributed by atoms with Gasteiger partial charge in [0.25, 0.3) is 5.91 Å². The van der Waals surface area contributed by atoms with Crippen LogP contribution in [0.3, 0.4) is 0 Å². The molecule has 2 aromatic rings. The zero-order valence-corrected chi connectivity index (χ0v) is 16.8. The van der Waals surface area contributed by atoms with Gasteiger partial charge in [-0.3, -0.25) is 19.4 Å². The molecule has 5 heterocycles. The van der Waals surface area contributed by atoms with E-state index in [0.29, 0.717) is 37.7 Å². The van der Waals surface area contributed by atoms with Crippen LogP contribution in [-0.2, 0) is 14.3 Å². The molecule has 0 aliphatic carbocycles. The summed E-state index contributed by atoms with van der Waals surface area (Å²) in [5.41, 5.74) is 1.50. The van der Waals surface area contributed by atoms with Crippen molar-refractivity contribution in [3.05, 3.63) is 42.1 Å². The molecule has 0 unspecified atom stereocenters. The van der Waals surface area contributed by atoms with Gasteiger partial charge < -0.3 is 15.0 Å². The fraction of sp³-hybridized carbons (Fsp3) is 0.300. The Morgan fingerprint density at radius 3 is 2.72 bits per heavy atom. The van der Waals surface area contributed by atoms with Crippen LogP contribution in [0.1, 0.15) is 5.69 Å². The number of carbonyl (C=O) groups excluding carboxylic acids is 3. The van der Waals surface area contributed by atoms with Gasteiger partial charge in [-0.05, 0) is 18.2 Å². The van der Waals surface area contributed by atoms with E-state index in [0.717, 1.165) is 11.9 Å². The summed E-state index contributed by atoms with van der Waals surface area (Å²) in [7, 11) is 0. The van der Waals surface area contributed by atoms with E-state index >= 15 is 0 Å². The number of morpholine rings is 1. The molecule has 0 atom stereocenters. The number of nitrogens with zero attached hydrogens (tertiary/aromatic N) is 6. The van der Waals surface area contributed by atoms with Crippen molar-refractivity contribution in [3.8, 4) is 0 Å². The molecule has 1 N–H and O–H groups in total. The minimum Gasteiger partial charge on any atom is -0.378 e. The zero-order chi connectivity index (χ0) is 22.2. The lowest BCUT2D eigenvalue weighted by atomic mass is 10.1. The molecule has 1 fully saturated rings. The molecule has 0 radical (unpaired) electrons. The Balaban J connectivity index is 1.46. The molecule has 3 aliphatic rings. The molecule has 2 aromatic heterocycles. The number of amides is 4. The van der Waals surface area contributed by atoms with Crippen LogP contribution in [0.15, 0.2) is 35.6 Å². The van der Waals surface area contributed by atoms with Crippen LogP contribution in [-0.4, -0.2) is 77.9 Å². The number of urea groups is 1. The van der Waals surface area contributed by atoms with Gasteiger partial charge in [-0.1, -0.05) is 0 Å². The number of anilines is 3. The van der Waals surface area contributed by atoms with Gasteiger partial charge in [0.15, 0.2) is 5.84 Å². The van der Waals surface area contributed by atoms with Gasteiger partial charge >= 0.3 is 6.03 Å². The number of nitrogens with one attached hydrogen (secondary N) is 1. The Hall–Kier alpha value is -3.93. The first-order valence-electron chi connectivity index (χ1n) is 9.94. The SMILES string of the molecule is O=C1CN2C(=O)N(CC(=O)Nc3ccc(F)cn3)c3cc(N4CCOCC4)cnc3C2=N1. The number of rotatable bonds is 4. The third kappa shape index (κ3) is 3.64. The van der Waals surface area contributed by atoms with Gasteiger partial charge in [0, 0.05) is 13.1 Å². The molecule has 0 saturated carbocycles. The Morgan fingerprint density at radius 1 is 1.16 bits per heavy atom. The summed E-state index contributed by atoms with van der Waals surface area (Å²) >= 11 is 0. The highest BCUT2D eigenvalue weighted by Gasteiger charge is 2.42. The van der Waals surface area contributed by atoms with Crippen molar-refractivity contribution in [2.24, 2.45) is 4.99 Å². The van der Waals surface area contributed by atoms with Gasteiger partial charge in [0.2, 0.25) is 5.91 Å². The molecular formula is C20H18FN7O4. The lowest BCUT2D eigenvalue weighted by Gasteiger charge is -2.35. The molecule has 12 heteroatoms. The number of ether oxygens (including phenoxy) is 1. The van der Waals surface area contributed by atoms with E-state index in [1.54, 1.807) is 12.3 Å². The lowest BCUT2D eigenvalue weighted by Crippen LogP contribution is -2.52. The topological polar surface area (TPSA) is 120 Å². The van der Waals surface area contributed by atoms with E-state index < -0.39 is 23.7 Å². The number of pyridine rings is 2. The maximum atomic E-state index is 13.1. The maximum absolute atomic E-state index is 13.1. The summed E-state index contributed by atoms with van der Waals surface area (Å²) in [4.78, 5) is 54.5. The fourth-order valence-corrected chi connectivity index (χ4v) is 3.76. The quantitative estimate of drug-likeness (QED) is 0.741. The highest BCUT2D eigenvalue weighted by atomic mass is 19.1. The third-order valence-electron chi connectivity index (χ3n) is 5.27. The predicted octanol–water partition coefficient (Wildman–Crippen LogP) is 0.620. The Kier molecular flexibility index (Phi) is 4.98. The molecule has 0 bridgehead atoms. The van der Waals surface area contributed by atoms with Gasteiger partial charge in [0.05, 0.1) is 37.0 Å². The number of carbonyl (C=O) groups is 3. The second-order valence-corrected chi connectivity index (χ2v) is 7.35. The number of fused-ring (bicyclic) bond motifs is 3. The summed E-state index contributed by atoms with van der Waals surface area (Å²) in [6.07, 6.45) is 2.64. The largest absolute Gasteiger partial charge is 0.378 e. The van der Waals surface area contributed by atoms with E-state index in [1.807, 2.05) is 0 Å². The van der Waals surface area contributed by atoms with Gasteiger partial charge in [-0.2, -0.15) is 4.99 Å². The van der Waals surface area contributed by atoms with Crippen molar-refractivity contribution in [1.29, 1.82) is 0 Å². The van der Waals surface area contributed by atoms with Gasteiger partial charge in [-0.25, -0.2) is 19.2 Å². The average Bonchev–Trinajstić information content (AvgIpc) is 3.20. The summed E-state index contributed by atoms with van der Waals surface area (Å²) in [6, 6.07) is 3.70. The van der Waals surface area contributed by atoms with Crippen molar-refractivity contribution in [1.82, 2.24) is 14.9 Å². The van der Waals surface area contributed by atoms with E-state index in [9.17, 15) is 18.8 Å². The van der Waals surface area contributed by atoms with Crippen LogP contribution >= 0.6 is 0 Å². The van der Waals surface area contributed by atoms with Crippen molar-refractivity contribution in [3.63, 3.8) is 0 Å². The normalized spacial score (nSPS) is 17.8. The van der Waals surface area contributed by atoms with Crippen LogP contribution in [0, 0.1) is 5.82 Å². The predicted molar refractivity (Wildman–Crippen MR) is 111 cm³/mol. The monoisotopic (exact) mass is 439 g/mol. The Labute approximate surface area is 181 Å². The average molecular weight is 439 g/mol. The first-order valence-corrected chi connectivity index (χ1v) is 9.94. The number of aromatic nitrogens is 2. The second-order valence-electron chi connectivity index (χ2n) is 7.35. The summed E-state index contributed by atoms with van der Waals surface area (Å²) < 4.78 is 18.5. The minimum atomic E-state index is -0.551. The summed E-state index contributed by atoms with van der Waals surface area (Å²) in [5, 5.41) is 2.54. The van der Waals surface area contributed by atoms with Crippen molar-refractivity contribution in [2.75, 3.05) is 54.5 Å². The van der Waals surface area contributed by atoms with Crippen LogP contribution in [0.4, 0.5) is 26.4 Å². The summed E-state index contributed by atoms with van der Waals surface area (Å²) in [6.45, 7) is 1.91. The molecule has 4 amide bonds. The lowest BCUT2D eigenvalue weighted by molar-refractivity contribution is -0.116. The van der Waals surface area contributed by atoms with Gasteiger partial charge in [-0.15, -0.1) is 0 Å². The van der Waals surface area contributed by atoms with E-state index in [4.69, 9.17) is 4.74 Å². The minimum absolute atomic E-state index is 0.153. The zero-order valence-electron chi connectivity index (χ0n) is 16.8. The van der Waals surface area contributed by atoms with E-state index in [1.165, 1.54) is 21.9 Å². The van der Waals surface area contributed by atoms with Crippen LogP contribution in [0.25, 0.3) is 0 Å². The first-order chi connectivity index (χ1) is 15.5. The number of hydrogen-bond acceptors (Lipinski definition) is 7. The molecule has 1 saturated heterocycles. The first kappa shape index (κ1) is 20.0. The maximum Gasteiger partial charge on any atom is 0.331 e. The van der Waals surface area contributed by atoms with Crippen molar-refractivity contribution in [2.45, 2.75) is 0 Å². The standard InChI is InChI=1S/C20H18FN7O4/c21-12-1-2-15(22-8-12)24-16(29)10-27-14-7-13(26-3-5-32-6-4-26)9-23-18(14)19-25-17(30)11-28(19)20(27)31/h1-2,7-9H,3-6,10-11H2,(H,22,24,29). The molecular weight excluding hydrogens is 421 g/mol. The van der Waals surface area contributed by atoms with Crippen molar-refractivity contribution >= 4 is 40.9 Å². The van der Waals surface area contributed by atoms with Crippen LogP contribution in [0.5, 0.6) is 0 Å². The molecule has 3 aliphatic heterocycles. The molecule has 5 rings (SSSR count). The van der Waals surface area contributed by atoms with E-state index in [2.05, 4.69) is 25.2 Å². The fourth-order valence-electron chi connectivity index (χ4n) is 3.76. The number of amidine groups is 1. The van der Waals surface area contributed by atoms with Crippen LogP contribution < -0.4 is 15.1 Å². The molecule has 164 valence electrons. The third-order valence-corrected chi connectivity index (χ3v) is 5.27. The molecule has 0 aromatic carbocycles. The Bertz CT molecular complexity index is 1130. The molecule has 11 nitrogen and oxygen atoms in total. The number of halogens is 1. The highest BCUT2D eigenvalue weighted by Crippen LogP contribution is 2.33. The smallest absolute Gasteiger partial charge is 0.331 e. The van der Waals surface area contributed by atoms with Gasteiger partial charge in [0.1, 0.15) is 30.4 Å².